The fourth-order valence-electron chi connectivity index (χ4n) is 1.89. The van der Waals surface area contributed by atoms with Crippen molar-refractivity contribution in [2.24, 2.45) is 0 Å². The summed E-state index contributed by atoms with van der Waals surface area (Å²) in [6, 6.07) is 0. The minimum absolute atomic E-state index is 0.145. The molecule has 1 atom stereocenters. The van der Waals surface area contributed by atoms with Gasteiger partial charge in [-0.15, -0.1) is 0 Å². The Balaban J connectivity index is 3.91. The fraction of sp³-hybridized carbons (Fsp3) is 1.00. The molecular weight excluding hydrogens is 354 g/mol. The average Bonchev–Trinajstić information content (AvgIpc) is 2.29. The van der Waals surface area contributed by atoms with E-state index in [0.717, 1.165) is 25.5 Å². The summed E-state index contributed by atoms with van der Waals surface area (Å²) in [5.74, 6) is -0.712. The van der Waals surface area contributed by atoms with E-state index in [1.54, 1.807) is 6.92 Å². The molecule has 0 aromatic carbocycles. The van der Waals surface area contributed by atoms with Crippen LogP contribution >= 0.6 is 15.0 Å². The zero-order chi connectivity index (χ0) is 17.3. The standard InChI is InChI=1S/C11H26O8P2S/c1-3-18-20(12,11-21(13,14)15)10-8-6-4-5-7-9-19-22(2,16)17/h3-11H2,1-2H3,(H2,13,14,15). The van der Waals surface area contributed by atoms with E-state index in [4.69, 9.17) is 14.3 Å². The Bertz CT molecular complexity index is 498. The van der Waals surface area contributed by atoms with Crippen molar-refractivity contribution in [2.45, 2.75) is 39.0 Å². The molecule has 22 heavy (non-hydrogen) atoms. The zero-order valence-electron chi connectivity index (χ0n) is 13.0. The maximum absolute atomic E-state index is 12.3. The minimum atomic E-state index is -4.36. The van der Waals surface area contributed by atoms with Crippen molar-refractivity contribution < 1.29 is 36.0 Å². The maximum Gasteiger partial charge on any atom is 0.335 e. The van der Waals surface area contributed by atoms with Crippen LogP contribution in [0.25, 0.3) is 0 Å². The molecule has 0 radical (unpaired) electrons. The average molecular weight is 380 g/mol. The lowest BCUT2D eigenvalue weighted by atomic mass is 10.2. The van der Waals surface area contributed by atoms with Crippen molar-refractivity contribution in [3.63, 3.8) is 0 Å². The van der Waals surface area contributed by atoms with Crippen LogP contribution in [-0.2, 0) is 28.0 Å². The normalized spacial score (nSPS) is 15.6. The first-order valence-corrected chi connectivity index (χ1v) is 12.7. The van der Waals surface area contributed by atoms with Gasteiger partial charge in [0.05, 0.1) is 19.5 Å². The number of unbranched alkanes of at least 4 members (excludes halogenated alkanes) is 4. The molecule has 1 unspecified atom stereocenters. The molecule has 0 spiro atoms. The first-order valence-electron chi connectivity index (χ1n) is 7.09. The van der Waals surface area contributed by atoms with Gasteiger partial charge in [0.15, 0.2) is 0 Å². The maximum atomic E-state index is 12.3. The van der Waals surface area contributed by atoms with E-state index in [0.29, 0.717) is 12.8 Å². The lowest BCUT2D eigenvalue weighted by Gasteiger charge is -2.18. The SMILES string of the molecule is CCOP(=O)(CCCCCCCOS(C)(=O)=O)CP(=O)(O)O. The van der Waals surface area contributed by atoms with Gasteiger partial charge in [0.1, 0.15) is 5.90 Å². The summed E-state index contributed by atoms with van der Waals surface area (Å²) in [6.45, 7) is 1.93. The van der Waals surface area contributed by atoms with E-state index >= 15 is 0 Å². The Morgan fingerprint density at radius 1 is 1.00 bits per heavy atom. The van der Waals surface area contributed by atoms with Crippen LogP contribution in [0.5, 0.6) is 0 Å². The Morgan fingerprint density at radius 2 is 1.55 bits per heavy atom. The summed E-state index contributed by atoms with van der Waals surface area (Å²) in [6.07, 6.45) is 4.60. The summed E-state index contributed by atoms with van der Waals surface area (Å²) in [4.78, 5) is 17.9. The summed E-state index contributed by atoms with van der Waals surface area (Å²) in [7, 11) is -11.0. The molecule has 0 heterocycles. The van der Waals surface area contributed by atoms with E-state index in [9.17, 15) is 17.5 Å². The predicted molar refractivity (Wildman–Crippen MR) is 84.9 cm³/mol. The largest absolute Gasteiger partial charge is 0.335 e. The van der Waals surface area contributed by atoms with Gasteiger partial charge in [0, 0.05) is 6.16 Å². The van der Waals surface area contributed by atoms with Crippen LogP contribution < -0.4 is 0 Å². The molecule has 0 aromatic heterocycles. The second kappa shape index (κ2) is 10.2. The highest BCUT2D eigenvalue weighted by Gasteiger charge is 2.31. The molecule has 0 saturated heterocycles. The molecule has 8 nitrogen and oxygen atoms in total. The van der Waals surface area contributed by atoms with Crippen molar-refractivity contribution in [1.29, 1.82) is 0 Å². The van der Waals surface area contributed by atoms with Crippen LogP contribution in [-0.4, -0.2) is 49.7 Å². The highest BCUT2D eigenvalue weighted by Crippen LogP contribution is 2.58. The molecule has 11 heteroatoms. The second-order valence-corrected chi connectivity index (χ2v) is 11.5. The molecule has 0 rings (SSSR count). The second-order valence-electron chi connectivity index (χ2n) is 5.06. The van der Waals surface area contributed by atoms with Gasteiger partial charge < -0.3 is 14.3 Å². The zero-order valence-corrected chi connectivity index (χ0v) is 15.6. The van der Waals surface area contributed by atoms with Gasteiger partial charge in [-0.25, -0.2) is 0 Å². The first kappa shape index (κ1) is 22.2. The van der Waals surface area contributed by atoms with Gasteiger partial charge in [-0.3, -0.25) is 13.3 Å². The van der Waals surface area contributed by atoms with Crippen LogP contribution in [0.3, 0.4) is 0 Å². The lowest BCUT2D eigenvalue weighted by molar-refractivity contribution is 0.309. The van der Waals surface area contributed by atoms with Crippen molar-refractivity contribution in [2.75, 3.05) is 31.5 Å². The van der Waals surface area contributed by atoms with Gasteiger partial charge in [-0.1, -0.05) is 19.3 Å². The minimum Gasteiger partial charge on any atom is -0.328 e. The first-order chi connectivity index (χ1) is 9.97. The highest BCUT2D eigenvalue weighted by atomic mass is 32.2. The molecule has 0 saturated carbocycles. The molecule has 0 aromatic rings. The third kappa shape index (κ3) is 13.9. The number of hydrogen-bond donors (Lipinski definition) is 2. The molecule has 0 bridgehead atoms. The molecule has 0 aliphatic heterocycles. The summed E-state index contributed by atoms with van der Waals surface area (Å²) in [5.41, 5.74) is 0. The van der Waals surface area contributed by atoms with Gasteiger partial charge in [0.25, 0.3) is 10.1 Å². The smallest absolute Gasteiger partial charge is 0.328 e. The van der Waals surface area contributed by atoms with Gasteiger partial charge in [-0.05, 0) is 19.8 Å². The van der Waals surface area contributed by atoms with E-state index in [-0.39, 0.29) is 19.4 Å². The Hall–Kier alpha value is 0.250. The predicted octanol–water partition coefficient (Wildman–Crippen LogP) is 2.36. The molecule has 0 aliphatic rings. The van der Waals surface area contributed by atoms with Gasteiger partial charge >= 0.3 is 7.60 Å². The number of rotatable bonds is 13. The monoisotopic (exact) mass is 380 g/mol. The van der Waals surface area contributed by atoms with Crippen molar-refractivity contribution in [3.05, 3.63) is 0 Å². The van der Waals surface area contributed by atoms with Crippen molar-refractivity contribution in [1.82, 2.24) is 0 Å². The quantitative estimate of drug-likeness (QED) is 0.283. The molecule has 134 valence electrons. The van der Waals surface area contributed by atoms with E-state index < -0.39 is 31.0 Å². The van der Waals surface area contributed by atoms with Crippen LogP contribution in [0.1, 0.15) is 39.0 Å². The third-order valence-electron chi connectivity index (χ3n) is 2.70. The molecule has 2 N–H and O–H groups in total. The molecule has 0 amide bonds. The molecule has 0 aliphatic carbocycles. The summed E-state index contributed by atoms with van der Waals surface area (Å²) >= 11 is 0. The molecule has 0 fully saturated rings. The van der Waals surface area contributed by atoms with Gasteiger partial charge in [0.2, 0.25) is 7.37 Å². The molecular formula is C11H26O8P2S. The van der Waals surface area contributed by atoms with E-state index in [2.05, 4.69) is 4.18 Å². The van der Waals surface area contributed by atoms with Crippen LogP contribution in [0, 0.1) is 0 Å². The van der Waals surface area contributed by atoms with Crippen LogP contribution in [0.2, 0.25) is 0 Å². The number of hydrogen-bond acceptors (Lipinski definition) is 6. The van der Waals surface area contributed by atoms with Gasteiger partial charge in [-0.2, -0.15) is 8.42 Å². The van der Waals surface area contributed by atoms with Crippen molar-refractivity contribution in [3.8, 4) is 0 Å². The van der Waals surface area contributed by atoms with E-state index in [1.165, 1.54) is 0 Å². The highest BCUT2D eigenvalue weighted by molar-refractivity contribution is 7.86. The third-order valence-corrected chi connectivity index (χ3v) is 8.22. The van der Waals surface area contributed by atoms with Crippen LogP contribution in [0.4, 0.5) is 0 Å². The Morgan fingerprint density at radius 3 is 2.05 bits per heavy atom. The Kier molecular flexibility index (Phi) is 10.3. The summed E-state index contributed by atoms with van der Waals surface area (Å²) < 4.78 is 54.4. The fourth-order valence-corrected chi connectivity index (χ4v) is 6.75. The summed E-state index contributed by atoms with van der Waals surface area (Å²) in [5, 5.41) is 0. The lowest BCUT2D eigenvalue weighted by Crippen LogP contribution is -2.04. The van der Waals surface area contributed by atoms with Crippen LogP contribution in [0.15, 0.2) is 0 Å². The van der Waals surface area contributed by atoms with Crippen molar-refractivity contribution >= 4 is 25.1 Å². The van der Waals surface area contributed by atoms with E-state index in [1.807, 2.05) is 0 Å². The topological polar surface area (TPSA) is 127 Å². The Labute approximate surface area is 132 Å².